The van der Waals surface area contributed by atoms with Crippen LogP contribution in [0.15, 0.2) is 85.4 Å². The minimum Gasteiger partial charge on any atom is -0.433 e. The van der Waals surface area contributed by atoms with Crippen LogP contribution in [-0.2, 0) is 27.2 Å². The van der Waals surface area contributed by atoms with Crippen molar-refractivity contribution in [2.24, 2.45) is 11.3 Å². The third kappa shape index (κ3) is 26.5. The van der Waals surface area contributed by atoms with E-state index in [9.17, 15) is 4.79 Å². The fourth-order valence-electron chi connectivity index (χ4n) is 6.94. The third-order valence-electron chi connectivity index (χ3n) is 12.4. The van der Waals surface area contributed by atoms with Gasteiger partial charge in [-0.25, -0.2) is 15.0 Å². The molecular formula is C65H89Cl2N15O4S2. The maximum absolute atomic E-state index is 11.9. The summed E-state index contributed by atoms with van der Waals surface area (Å²) in [6, 6.07) is 18.8. The summed E-state index contributed by atoms with van der Waals surface area (Å²) in [5.74, 6) is 4.63. The number of hydrogen-bond acceptors (Lipinski definition) is 20. The summed E-state index contributed by atoms with van der Waals surface area (Å²) in [5, 5.41) is 47.9. The quantitative estimate of drug-likeness (QED) is 0.115. The average Bonchev–Trinajstić information content (AvgIpc) is 2.84. The summed E-state index contributed by atoms with van der Waals surface area (Å²) in [6.07, 6.45) is 10.3. The predicted octanol–water partition coefficient (Wildman–Crippen LogP) is 16.8. The molecule has 0 bridgehead atoms. The highest BCUT2D eigenvalue weighted by Crippen LogP contribution is 2.33. The van der Waals surface area contributed by atoms with Gasteiger partial charge in [0.2, 0.25) is 5.89 Å². The molecule has 1 fully saturated rings. The zero-order chi connectivity index (χ0) is 67.2. The van der Waals surface area contributed by atoms with Crippen molar-refractivity contribution >= 4 is 56.4 Å². The normalized spacial score (nSPS) is 13.0. The molecule has 0 N–H and O–H groups in total. The Balaban J connectivity index is 0.000000344. The molecule has 8 aromatic rings. The summed E-state index contributed by atoms with van der Waals surface area (Å²) in [6.45, 7) is 49.3. The number of nitriles is 4. The summed E-state index contributed by atoms with van der Waals surface area (Å²) in [4.78, 5) is 33.7. The van der Waals surface area contributed by atoms with Gasteiger partial charge in [-0.15, -0.1) is 5.10 Å². The van der Waals surface area contributed by atoms with Gasteiger partial charge in [0, 0.05) is 58.4 Å². The van der Waals surface area contributed by atoms with E-state index in [0.717, 1.165) is 50.4 Å². The molecule has 23 heteroatoms. The van der Waals surface area contributed by atoms with E-state index < -0.39 is 0 Å². The summed E-state index contributed by atoms with van der Waals surface area (Å²) in [5.41, 5.74) is 2.41. The number of fused-ring (bicyclic) bond motifs is 1. The first-order valence-electron chi connectivity index (χ1n) is 28.7. The largest absolute Gasteiger partial charge is 0.433 e. The fourth-order valence-corrected chi connectivity index (χ4v) is 9.08. The Hall–Kier alpha value is -7.40. The third-order valence-corrected chi connectivity index (χ3v) is 15.0. The lowest BCUT2D eigenvalue weighted by atomic mass is 9.80. The van der Waals surface area contributed by atoms with Crippen molar-refractivity contribution in [1.82, 2.24) is 53.5 Å². The van der Waals surface area contributed by atoms with Gasteiger partial charge in [-0.3, -0.25) is 13.7 Å². The number of hydrogen-bond donors (Lipinski definition) is 0. The number of likely N-dealkylation sites (tertiary alicyclic amines) is 1. The molecule has 1 aliphatic rings. The van der Waals surface area contributed by atoms with E-state index in [4.69, 9.17) is 53.1 Å². The first-order chi connectivity index (χ1) is 40.6. The van der Waals surface area contributed by atoms with E-state index in [1.807, 2.05) is 160 Å². The van der Waals surface area contributed by atoms with E-state index in [-0.39, 0.29) is 50.4 Å². The Morgan fingerprint density at radius 3 is 1.62 bits per heavy atom. The Morgan fingerprint density at radius 2 is 1.28 bits per heavy atom. The number of nitrogens with zero attached hydrogens (tertiary/aromatic N) is 15. The Labute approximate surface area is 539 Å². The number of aryl methyl sites for hydroxylation is 1. The van der Waals surface area contributed by atoms with Crippen molar-refractivity contribution in [2.45, 2.75) is 205 Å². The van der Waals surface area contributed by atoms with Crippen molar-refractivity contribution in [3.8, 4) is 24.4 Å². The smallest absolute Gasteiger partial charge is 0.329 e. The average molecular weight is 1280 g/mol. The zero-order valence-electron chi connectivity index (χ0n) is 55.6. The lowest BCUT2D eigenvalue weighted by Gasteiger charge is -2.25. The van der Waals surface area contributed by atoms with E-state index in [2.05, 4.69) is 125 Å². The second-order valence-electron chi connectivity index (χ2n) is 27.2. The van der Waals surface area contributed by atoms with Crippen LogP contribution in [0.25, 0.3) is 10.1 Å². The zero-order valence-corrected chi connectivity index (χ0v) is 58.8. The highest BCUT2D eigenvalue weighted by atomic mass is 35.5. The van der Waals surface area contributed by atoms with Gasteiger partial charge in [-0.1, -0.05) is 195 Å². The van der Waals surface area contributed by atoms with Crippen LogP contribution >= 0.6 is 46.3 Å². The molecule has 0 spiro atoms. The van der Waals surface area contributed by atoms with Crippen LogP contribution in [0, 0.1) is 63.7 Å². The summed E-state index contributed by atoms with van der Waals surface area (Å²) < 4.78 is 21.9. The maximum atomic E-state index is 11.9. The van der Waals surface area contributed by atoms with E-state index in [1.54, 1.807) is 24.5 Å². The number of aromatic nitrogens is 10. The maximum Gasteiger partial charge on any atom is 0.329 e. The SMILES string of the molecule is CC(C)(C)C1CCN(C#N)C1.CC(C)(C)c1cnc(C#N)o1.CC(C)(C)c1nnc(C#N)o1.CC(C)(C)c1noc(C#N)n1.CC(C)(C)n1sc2ccccc2c1=O.CC(C)c1ccc(Cl)nc1.CC(C)c1cnccc1Cl.Cc1nc(C(C)(C)C)ns1. The number of rotatable bonds is 2. The van der Waals surface area contributed by atoms with Crippen LogP contribution in [-0.4, -0.2) is 66.6 Å². The van der Waals surface area contributed by atoms with Gasteiger partial charge < -0.3 is 18.3 Å². The van der Waals surface area contributed by atoms with Crippen molar-refractivity contribution in [3.05, 3.63) is 145 Å². The molecule has 0 saturated carbocycles. The molecule has 0 amide bonds. The van der Waals surface area contributed by atoms with Crippen molar-refractivity contribution < 1.29 is 13.4 Å². The molecule has 0 radical (unpaired) electrons. The van der Waals surface area contributed by atoms with Crippen LogP contribution in [0.3, 0.4) is 0 Å². The molecule has 1 aliphatic heterocycles. The van der Waals surface area contributed by atoms with E-state index >= 15 is 0 Å². The topological polar surface area (TPSA) is 276 Å². The molecule has 1 atom stereocenters. The second-order valence-corrected chi connectivity index (χ2v) is 30.0. The van der Waals surface area contributed by atoms with Crippen LogP contribution in [0.4, 0.5) is 0 Å². The molecule has 88 heavy (non-hydrogen) atoms. The molecule has 8 heterocycles. The summed E-state index contributed by atoms with van der Waals surface area (Å²) in [7, 11) is 0. The van der Waals surface area contributed by atoms with Gasteiger partial charge in [0.15, 0.2) is 30.2 Å². The Morgan fingerprint density at radius 1 is 0.670 bits per heavy atom. The molecule has 1 unspecified atom stereocenters. The first kappa shape index (κ1) is 76.7. The molecule has 1 aromatic carbocycles. The lowest BCUT2D eigenvalue weighted by Crippen LogP contribution is -2.29. The Bertz CT molecular complexity index is 3470. The van der Waals surface area contributed by atoms with Crippen LogP contribution in [0.5, 0.6) is 0 Å². The van der Waals surface area contributed by atoms with Gasteiger partial charge in [-0.05, 0) is 104 Å². The number of pyridine rings is 2. The van der Waals surface area contributed by atoms with Crippen LogP contribution < -0.4 is 5.56 Å². The van der Waals surface area contributed by atoms with Gasteiger partial charge in [-0.2, -0.15) is 30.4 Å². The fraction of sp³-hybridized carbons (Fsp3) is 0.538. The molecule has 19 nitrogen and oxygen atoms in total. The van der Waals surface area contributed by atoms with Crippen molar-refractivity contribution in [3.63, 3.8) is 0 Å². The molecule has 7 aromatic heterocycles. The van der Waals surface area contributed by atoms with Crippen LogP contribution in [0.2, 0.25) is 10.2 Å². The number of halogens is 2. The van der Waals surface area contributed by atoms with E-state index in [0.29, 0.717) is 40.0 Å². The predicted molar refractivity (Wildman–Crippen MR) is 351 cm³/mol. The minimum atomic E-state index is -0.178. The standard InChI is InChI=1S/C11H13NOS.C9H16N2.2C8H10ClN.C8H10N2O.2C7H9N3O.C7H12N2S/c1-11(2,3)12-10(13)8-6-4-5-7-9(8)14-12;1-9(2,3)8-4-5-11(6-8)7-10;1-6(2)7-5-10-4-3-8(7)9;1-6(2)7-3-4-8(9)10-5-7;1-8(2,3)6-5-10-7(4-9)11-6;1-7(2,3)6-10-9-5(4-8)11-6;1-7(2,3)6-9-5(4-8)11-10-6;1-5-8-6(9-10-5)7(2,3)4/h4-7H,1-3H3;8H,4-6H2,1-3H3;2*3-6H,1-2H3;5H,1-3H3;2*1-3H3;1-4H3. The molecular weight excluding hydrogens is 1190 g/mol. The monoisotopic (exact) mass is 1280 g/mol. The van der Waals surface area contributed by atoms with Crippen molar-refractivity contribution in [1.29, 1.82) is 21.0 Å². The number of benzene rings is 1. The van der Waals surface area contributed by atoms with Crippen LogP contribution in [0.1, 0.15) is 228 Å². The molecule has 0 aliphatic carbocycles. The lowest BCUT2D eigenvalue weighted by molar-refractivity contribution is 0.248. The first-order valence-corrected chi connectivity index (χ1v) is 31.0. The van der Waals surface area contributed by atoms with Gasteiger partial charge in [0.1, 0.15) is 21.7 Å². The molecule has 1 saturated heterocycles. The van der Waals surface area contributed by atoms with E-state index in [1.165, 1.54) is 35.0 Å². The van der Waals surface area contributed by atoms with Gasteiger partial charge >= 0.3 is 17.7 Å². The minimum absolute atomic E-state index is 0.0231. The van der Waals surface area contributed by atoms with Crippen molar-refractivity contribution in [2.75, 3.05) is 13.1 Å². The van der Waals surface area contributed by atoms with Gasteiger partial charge in [0.25, 0.3) is 5.56 Å². The second kappa shape index (κ2) is 33.8. The molecule has 9 rings (SSSR count). The molecule has 474 valence electrons. The van der Waals surface area contributed by atoms with Gasteiger partial charge in [0.05, 0.1) is 21.8 Å². The Kier molecular flexibility index (Phi) is 29.5. The summed E-state index contributed by atoms with van der Waals surface area (Å²) >= 11 is 14.5. The highest BCUT2D eigenvalue weighted by molar-refractivity contribution is 7.13. The highest BCUT2D eigenvalue weighted by Gasteiger charge is 2.31. The number of oxazole rings is 1.